The summed E-state index contributed by atoms with van der Waals surface area (Å²) in [5, 5.41) is 5.93. The first-order valence-electron chi connectivity index (χ1n) is 7.08. The number of hydrogen-bond acceptors (Lipinski definition) is 3. The van der Waals surface area contributed by atoms with Gasteiger partial charge in [-0.05, 0) is 49.3 Å². The van der Waals surface area contributed by atoms with E-state index >= 15 is 0 Å². The minimum absolute atomic E-state index is 0.0130. The number of rotatable bonds is 3. The number of amides is 2. The number of nitrogens with one attached hydrogen (secondary N) is 2. The van der Waals surface area contributed by atoms with Crippen LogP contribution in [0, 0.1) is 5.92 Å². The first kappa shape index (κ1) is 15.4. The second kappa shape index (κ2) is 7.17. The third kappa shape index (κ3) is 4.53. The molecule has 1 saturated carbocycles. The molecule has 1 fully saturated rings. The van der Waals surface area contributed by atoms with Gasteiger partial charge in [-0.1, -0.05) is 19.3 Å². The number of anilines is 1. The van der Waals surface area contributed by atoms with Crippen molar-refractivity contribution in [2.75, 3.05) is 5.32 Å². The fourth-order valence-electron chi connectivity index (χ4n) is 2.46. The van der Waals surface area contributed by atoms with Crippen molar-refractivity contribution >= 4 is 34.8 Å². The van der Waals surface area contributed by atoms with E-state index in [0.717, 1.165) is 25.7 Å². The highest BCUT2D eigenvalue weighted by Gasteiger charge is 2.21. The van der Waals surface area contributed by atoms with Gasteiger partial charge in [-0.15, -0.1) is 0 Å². The van der Waals surface area contributed by atoms with Crippen LogP contribution in [-0.2, 0) is 4.79 Å². The lowest BCUT2D eigenvalue weighted by Crippen LogP contribution is -2.38. The van der Waals surface area contributed by atoms with Crippen molar-refractivity contribution in [2.24, 2.45) is 11.7 Å². The number of primary amides is 1. The quantitative estimate of drug-likeness (QED) is 0.747. The maximum Gasteiger partial charge on any atom is 0.248 e. The molecule has 6 heteroatoms. The maximum absolute atomic E-state index is 12.0. The van der Waals surface area contributed by atoms with Crippen molar-refractivity contribution in [3.05, 3.63) is 29.8 Å². The van der Waals surface area contributed by atoms with Gasteiger partial charge in [0.05, 0.1) is 0 Å². The molecule has 0 radical (unpaired) electrons. The number of hydrogen-bond donors (Lipinski definition) is 3. The van der Waals surface area contributed by atoms with Gasteiger partial charge in [0.15, 0.2) is 5.11 Å². The summed E-state index contributed by atoms with van der Waals surface area (Å²) in [5.74, 6) is -0.425. The minimum atomic E-state index is -0.477. The van der Waals surface area contributed by atoms with Crippen LogP contribution in [0.25, 0.3) is 0 Å². The molecule has 0 unspecified atom stereocenters. The largest absolute Gasteiger partial charge is 0.366 e. The van der Waals surface area contributed by atoms with E-state index in [9.17, 15) is 9.59 Å². The van der Waals surface area contributed by atoms with Crippen molar-refractivity contribution < 1.29 is 9.59 Å². The molecule has 0 heterocycles. The molecule has 1 aliphatic rings. The SMILES string of the molecule is NC(=O)c1ccc(NC(=S)NC(=O)C2CCCCC2)cc1. The third-order valence-corrected chi connectivity index (χ3v) is 3.84. The molecule has 0 aliphatic heterocycles. The average molecular weight is 305 g/mol. The summed E-state index contributed by atoms with van der Waals surface area (Å²) in [6, 6.07) is 6.60. The smallest absolute Gasteiger partial charge is 0.248 e. The molecular weight excluding hydrogens is 286 g/mol. The van der Waals surface area contributed by atoms with Gasteiger partial charge in [0.25, 0.3) is 0 Å². The molecule has 0 spiro atoms. The van der Waals surface area contributed by atoms with Gasteiger partial charge in [-0.25, -0.2) is 0 Å². The van der Waals surface area contributed by atoms with Crippen molar-refractivity contribution in [3.63, 3.8) is 0 Å². The van der Waals surface area contributed by atoms with Crippen LogP contribution in [0.1, 0.15) is 42.5 Å². The number of benzene rings is 1. The Morgan fingerprint density at radius 1 is 1.10 bits per heavy atom. The molecule has 112 valence electrons. The summed E-state index contributed by atoms with van der Waals surface area (Å²) in [4.78, 5) is 23.0. The predicted octanol–water partition coefficient (Wildman–Crippen LogP) is 2.18. The first-order valence-corrected chi connectivity index (χ1v) is 7.49. The molecule has 21 heavy (non-hydrogen) atoms. The molecule has 1 aromatic carbocycles. The van der Waals surface area contributed by atoms with Gasteiger partial charge in [0.2, 0.25) is 11.8 Å². The highest BCUT2D eigenvalue weighted by Crippen LogP contribution is 2.23. The topological polar surface area (TPSA) is 84.2 Å². The Bertz CT molecular complexity index is 536. The maximum atomic E-state index is 12.0. The van der Waals surface area contributed by atoms with Gasteiger partial charge < -0.3 is 16.4 Å². The van der Waals surface area contributed by atoms with Gasteiger partial charge >= 0.3 is 0 Å². The molecule has 4 N–H and O–H groups in total. The minimum Gasteiger partial charge on any atom is -0.366 e. The Hall–Kier alpha value is -1.95. The first-order chi connectivity index (χ1) is 10.1. The van der Waals surface area contributed by atoms with Crippen LogP contribution in [0.5, 0.6) is 0 Å². The van der Waals surface area contributed by atoms with Crippen molar-refractivity contribution in [2.45, 2.75) is 32.1 Å². The molecule has 0 bridgehead atoms. The summed E-state index contributed by atoms with van der Waals surface area (Å²) in [6.07, 6.45) is 5.28. The zero-order valence-electron chi connectivity index (χ0n) is 11.7. The van der Waals surface area contributed by atoms with Crippen LogP contribution < -0.4 is 16.4 Å². The van der Waals surface area contributed by atoms with E-state index in [2.05, 4.69) is 10.6 Å². The number of nitrogens with two attached hydrogens (primary N) is 1. The lowest BCUT2D eigenvalue weighted by Gasteiger charge is -2.21. The molecule has 2 rings (SSSR count). The van der Waals surface area contributed by atoms with Crippen LogP contribution in [0.3, 0.4) is 0 Å². The Labute approximate surface area is 129 Å². The Morgan fingerprint density at radius 3 is 2.29 bits per heavy atom. The number of carbonyl (C=O) groups is 2. The molecule has 0 atom stereocenters. The second-order valence-corrected chi connectivity index (χ2v) is 5.63. The molecule has 0 aromatic heterocycles. The van der Waals surface area contributed by atoms with Crippen molar-refractivity contribution in [1.29, 1.82) is 0 Å². The zero-order valence-corrected chi connectivity index (χ0v) is 12.5. The van der Waals surface area contributed by atoms with Crippen LogP contribution in [-0.4, -0.2) is 16.9 Å². The Morgan fingerprint density at radius 2 is 1.71 bits per heavy atom. The predicted molar refractivity (Wildman–Crippen MR) is 85.9 cm³/mol. The molecule has 5 nitrogen and oxygen atoms in total. The normalized spacial score (nSPS) is 15.2. The monoisotopic (exact) mass is 305 g/mol. The summed E-state index contributed by atoms with van der Waals surface area (Å²) in [5.41, 5.74) is 6.30. The fourth-order valence-corrected chi connectivity index (χ4v) is 2.68. The lowest BCUT2D eigenvalue weighted by molar-refractivity contribution is -0.124. The van der Waals surface area contributed by atoms with E-state index in [4.69, 9.17) is 18.0 Å². The van der Waals surface area contributed by atoms with Gasteiger partial charge in [-0.2, -0.15) is 0 Å². The Kier molecular flexibility index (Phi) is 5.27. The lowest BCUT2D eigenvalue weighted by atomic mass is 9.89. The van der Waals surface area contributed by atoms with E-state index in [-0.39, 0.29) is 16.9 Å². The van der Waals surface area contributed by atoms with E-state index in [1.54, 1.807) is 24.3 Å². The highest BCUT2D eigenvalue weighted by molar-refractivity contribution is 7.80. The molecular formula is C15H19N3O2S. The molecule has 1 aliphatic carbocycles. The number of carbonyl (C=O) groups excluding carboxylic acids is 2. The van der Waals surface area contributed by atoms with Crippen molar-refractivity contribution in [1.82, 2.24) is 5.32 Å². The zero-order chi connectivity index (χ0) is 15.2. The fraction of sp³-hybridized carbons (Fsp3) is 0.400. The van der Waals surface area contributed by atoms with Crippen LogP contribution in [0.2, 0.25) is 0 Å². The third-order valence-electron chi connectivity index (χ3n) is 3.64. The van der Waals surface area contributed by atoms with E-state index in [0.29, 0.717) is 11.3 Å². The summed E-state index contributed by atoms with van der Waals surface area (Å²) in [7, 11) is 0. The van der Waals surface area contributed by atoms with Gasteiger partial charge in [0.1, 0.15) is 0 Å². The van der Waals surface area contributed by atoms with E-state index in [1.807, 2.05) is 0 Å². The van der Waals surface area contributed by atoms with Crippen LogP contribution in [0.15, 0.2) is 24.3 Å². The molecule has 0 saturated heterocycles. The second-order valence-electron chi connectivity index (χ2n) is 5.22. The number of thiocarbonyl (C=S) groups is 1. The van der Waals surface area contributed by atoms with E-state index < -0.39 is 5.91 Å². The summed E-state index contributed by atoms with van der Waals surface area (Å²) in [6.45, 7) is 0. The summed E-state index contributed by atoms with van der Waals surface area (Å²) >= 11 is 5.13. The molecule has 2 amide bonds. The standard InChI is InChI=1S/C15H19N3O2S/c16-13(19)10-6-8-12(9-7-10)17-15(21)18-14(20)11-4-2-1-3-5-11/h6-9,11H,1-5H2,(H2,16,19)(H2,17,18,20,21). The highest BCUT2D eigenvalue weighted by atomic mass is 32.1. The van der Waals surface area contributed by atoms with Crippen LogP contribution >= 0.6 is 12.2 Å². The average Bonchev–Trinajstić information content (AvgIpc) is 2.48. The van der Waals surface area contributed by atoms with Crippen LogP contribution in [0.4, 0.5) is 5.69 Å². The summed E-state index contributed by atoms with van der Waals surface area (Å²) < 4.78 is 0. The van der Waals surface area contributed by atoms with E-state index in [1.165, 1.54) is 6.42 Å². The van der Waals surface area contributed by atoms with Crippen molar-refractivity contribution in [3.8, 4) is 0 Å². The molecule has 1 aromatic rings. The van der Waals surface area contributed by atoms with Gasteiger partial charge in [-0.3, -0.25) is 9.59 Å². The van der Waals surface area contributed by atoms with Gasteiger partial charge in [0, 0.05) is 17.2 Å². The Balaban J connectivity index is 1.86.